The number of aliphatic hydroxyl groups excluding tert-OH is 1. The number of pyridine rings is 1. The molecule has 0 saturated heterocycles. The summed E-state index contributed by atoms with van der Waals surface area (Å²) in [4.78, 5) is 58.6. The Morgan fingerprint density at radius 3 is 2.27 bits per heavy atom. The van der Waals surface area contributed by atoms with E-state index in [9.17, 15) is 29.4 Å². The summed E-state index contributed by atoms with van der Waals surface area (Å²) in [6.45, 7) is 6.57. The largest absolute Gasteiger partial charge is 0.503 e. The van der Waals surface area contributed by atoms with Crippen molar-refractivity contribution in [1.82, 2.24) is 9.88 Å². The third kappa shape index (κ3) is 11.4. The average Bonchev–Trinajstić information content (AvgIpc) is 3.62. The maximum atomic E-state index is 14.4. The lowest BCUT2D eigenvalue weighted by atomic mass is 9.86. The van der Waals surface area contributed by atoms with Gasteiger partial charge in [0.25, 0.3) is 11.8 Å². The number of carboxylic acids is 1. The molecule has 4 aromatic rings. The first-order valence-corrected chi connectivity index (χ1v) is 17.4. The SMILES string of the molecule is CC(C(Cc1cc(C(=O)Nc2ccccc2)ccn1)c1ccc2c(c1)OCO2)N(CC=Cc1ccccc1)C(=O)C(O)=C(CC(=O)O)C(=O)OC(C)(C)C.Cl. The number of carbonyl (C=O) groups excluding carboxylic acids is 3. The van der Waals surface area contributed by atoms with E-state index in [4.69, 9.17) is 14.2 Å². The molecule has 2 heterocycles. The van der Waals surface area contributed by atoms with Crippen LogP contribution in [0.1, 0.15) is 67.2 Å². The molecule has 3 N–H and O–H groups in total. The molecule has 2 atom stereocenters. The lowest BCUT2D eigenvalue weighted by molar-refractivity contribution is -0.152. The van der Waals surface area contributed by atoms with Crippen LogP contribution in [0.15, 0.2) is 115 Å². The summed E-state index contributed by atoms with van der Waals surface area (Å²) in [5, 5.41) is 24.0. The van der Waals surface area contributed by atoms with Crippen molar-refractivity contribution in [3.05, 3.63) is 137 Å². The molecule has 5 rings (SSSR count). The van der Waals surface area contributed by atoms with Crippen LogP contribution in [-0.4, -0.2) is 68.8 Å². The highest BCUT2D eigenvalue weighted by atomic mass is 35.5. The van der Waals surface area contributed by atoms with Gasteiger partial charge in [-0.1, -0.05) is 66.7 Å². The van der Waals surface area contributed by atoms with Crippen LogP contribution in [-0.2, 0) is 25.5 Å². The van der Waals surface area contributed by atoms with Gasteiger partial charge in [-0.2, -0.15) is 0 Å². The molecule has 1 aliphatic rings. The molecule has 0 radical (unpaired) electrons. The second kappa shape index (κ2) is 18.8. The molecule has 1 aromatic heterocycles. The Morgan fingerprint density at radius 2 is 1.60 bits per heavy atom. The van der Waals surface area contributed by atoms with E-state index in [1.54, 1.807) is 64.1 Å². The second-order valence-corrected chi connectivity index (χ2v) is 13.7. The van der Waals surface area contributed by atoms with Gasteiger partial charge in [-0.3, -0.25) is 19.4 Å². The molecular formula is C42H44ClN3O9. The Morgan fingerprint density at radius 1 is 0.927 bits per heavy atom. The molecule has 0 fully saturated rings. The fourth-order valence-electron chi connectivity index (χ4n) is 5.92. The van der Waals surface area contributed by atoms with Crippen molar-refractivity contribution in [3.8, 4) is 11.5 Å². The fourth-order valence-corrected chi connectivity index (χ4v) is 5.92. The van der Waals surface area contributed by atoms with E-state index >= 15 is 0 Å². The summed E-state index contributed by atoms with van der Waals surface area (Å²) in [6, 6.07) is 26.4. The zero-order chi connectivity index (χ0) is 38.8. The lowest BCUT2D eigenvalue weighted by Gasteiger charge is -2.35. The van der Waals surface area contributed by atoms with Crippen LogP contribution in [0.3, 0.4) is 0 Å². The standard InChI is InChI=1S/C42H43N3O9.ClH/c1-27(45(21-11-14-28-12-7-5-8-13-28)40(50)38(48)34(25-37(46)47)41(51)54-42(2,3)4)33(29-17-18-35-36(23-29)53-26-52-35)24-32-22-30(19-20-43-32)39(49)44-31-15-9-6-10-16-31;/h5-20,22-23,27,33,48H,21,24-26H2,1-4H3,(H,44,49)(H,46,47);1H. The van der Waals surface area contributed by atoms with Crippen LogP contribution in [0.5, 0.6) is 11.5 Å². The Balaban J connectivity index is 0.00000673. The number of carboxylic acid groups (broad SMARTS) is 1. The number of fused-ring (bicyclic) bond motifs is 1. The molecule has 0 spiro atoms. The highest BCUT2D eigenvalue weighted by molar-refractivity contribution is 6.04. The van der Waals surface area contributed by atoms with E-state index in [0.29, 0.717) is 28.4 Å². The summed E-state index contributed by atoms with van der Waals surface area (Å²) < 4.78 is 16.6. The number of anilines is 1. The van der Waals surface area contributed by atoms with Gasteiger partial charge in [0, 0.05) is 41.6 Å². The number of benzene rings is 3. The minimum absolute atomic E-state index is 0. The van der Waals surface area contributed by atoms with Gasteiger partial charge >= 0.3 is 11.9 Å². The maximum absolute atomic E-state index is 14.4. The molecule has 0 aliphatic carbocycles. The van der Waals surface area contributed by atoms with E-state index in [-0.39, 0.29) is 38.1 Å². The molecule has 13 heteroatoms. The number of aromatic nitrogens is 1. The van der Waals surface area contributed by atoms with Crippen molar-refractivity contribution in [1.29, 1.82) is 0 Å². The number of halogens is 1. The van der Waals surface area contributed by atoms with Gasteiger partial charge in [-0.15, -0.1) is 12.4 Å². The third-order valence-electron chi connectivity index (χ3n) is 8.57. The molecular weight excluding hydrogens is 726 g/mol. The van der Waals surface area contributed by atoms with E-state index in [1.807, 2.05) is 66.7 Å². The third-order valence-corrected chi connectivity index (χ3v) is 8.57. The Bertz CT molecular complexity index is 2050. The van der Waals surface area contributed by atoms with E-state index in [2.05, 4.69) is 10.3 Å². The van der Waals surface area contributed by atoms with Crippen LogP contribution in [0.4, 0.5) is 5.69 Å². The number of nitrogens with one attached hydrogen (secondary N) is 1. The highest BCUT2D eigenvalue weighted by Gasteiger charge is 2.35. The van der Waals surface area contributed by atoms with E-state index in [0.717, 1.165) is 11.1 Å². The first-order valence-electron chi connectivity index (χ1n) is 17.4. The summed E-state index contributed by atoms with van der Waals surface area (Å²) in [7, 11) is 0. The van der Waals surface area contributed by atoms with Crippen LogP contribution >= 0.6 is 12.4 Å². The smallest absolute Gasteiger partial charge is 0.339 e. The topological polar surface area (TPSA) is 165 Å². The summed E-state index contributed by atoms with van der Waals surface area (Å²) >= 11 is 0. The van der Waals surface area contributed by atoms with Gasteiger partial charge in [0.15, 0.2) is 17.3 Å². The number of aliphatic hydroxyl groups is 1. The quantitative estimate of drug-likeness (QED) is 0.0670. The average molecular weight is 770 g/mol. The van der Waals surface area contributed by atoms with E-state index < -0.39 is 53.2 Å². The number of esters is 1. The van der Waals surface area contributed by atoms with Gasteiger partial charge in [0.1, 0.15) is 5.60 Å². The van der Waals surface area contributed by atoms with Crippen LogP contribution in [0.2, 0.25) is 0 Å². The van der Waals surface area contributed by atoms with Crippen LogP contribution in [0, 0.1) is 0 Å². The molecule has 2 unspecified atom stereocenters. The van der Waals surface area contributed by atoms with Crippen LogP contribution < -0.4 is 14.8 Å². The number of rotatable bonds is 14. The van der Waals surface area contributed by atoms with Gasteiger partial charge in [-0.05, 0) is 81.6 Å². The molecule has 1 aliphatic heterocycles. The number of carbonyl (C=O) groups is 4. The van der Waals surface area contributed by atoms with Gasteiger partial charge < -0.3 is 34.6 Å². The van der Waals surface area contributed by atoms with Crippen molar-refractivity contribution in [3.63, 3.8) is 0 Å². The molecule has 288 valence electrons. The molecule has 3 aromatic carbocycles. The molecule has 12 nitrogen and oxygen atoms in total. The number of aliphatic carboxylic acids is 1. The number of amides is 2. The lowest BCUT2D eigenvalue weighted by Crippen LogP contribution is -2.44. The van der Waals surface area contributed by atoms with Gasteiger partial charge in [0.05, 0.1) is 12.0 Å². The number of para-hydroxylation sites is 1. The molecule has 0 saturated carbocycles. The van der Waals surface area contributed by atoms with Crippen molar-refractivity contribution in [2.75, 3.05) is 18.7 Å². The minimum Gasteiger partial charge on any atom is -0.503 e. The monoisotopic (exact) mass is 769 g/mol. The number of ether oxygens (including phenoxy) is 3. The predicted octanol–water partition coefficient (Wildman–Crippen LogP) is 7.37. The number of hydrogen-bond donors (Lipinski definition) is 3. The summed E-state index contributed by atoms with van der Waals surface area (Å²) in [5.41, 5.74) is 1.43. The van der Waals surface area contributed by atoms with Crippen LogP contribution in [0.25, 0.3) is 6.08 Å². The Hall–Kier alpha value is -6.14. The first kappa shape index (κ1) is 41.6. The molecule has 2 amide bonds. The first-order chi connectivity index (χ1) is 25.8. The van der Waals surface area contributed by atoms with Crippen molar-refractivity contribution >= 4 is 47.9 Å². The number of nitrogens with zero attached hydrogens (tertiary/aromatic N) is 2. The zero-order valence-corrected chi connectivity index (χ0v) is 31.7. The summed E-state index contributed by atoms with van der Waals surface area (Å²) in [5.74, 6) is -4.37. The van der Waals surface area contributed by atoms with Crippen molar-refractivity contribution < 1.29 is 43.6 Å². The molecule has 55 heavy (non-hydrogen) atoms. The van der Waals surface area contributed by atoms with Gasteiger partial charge in [0.2, 0.25) is 6.79 Å². The normalized spacial score (nSPS) is 13.5. The molecule has 0 bridgehead atoms. The van der Waals surface area contributed by atoms with Crippen molar-refractivity contribution in [2.24, 2.45) is 0 Å². The van der Waals surface area contributed by atoms with Crippen molar-refractivity contribution in [2.45, 2.75) is 58.1 Å². The number of hydrogen-bond acceptors (Lipinski definition) is 9. The Kier molecular flexibility index (Phi) is 14.2. The predicted molar refractivity (Wildman–Crippen MR) is 209 cm³/mol. The van der Waals surface area contributed by atoms with E-state index in [1.165, 1.54) is 11.1 Å². The Labute approximate surface area is 325 Å². The summed E-state index contributed by atoms with van der Waals surface area (Å²) in [6.07, 6.45) is 4.37. The minimum atomic E-state index is -1.43. The maximum Gasteiger partial charge on any atom is 0.339 e. The zero-order valence-electron chi connectivity index (χ0n) is 30.9. The second-order valence-electron chi connectivity index (χ2n) is 13.7. The highest BCUT2D eigenvalue weighted by Crippen LogP contribution is 2.37. The fraction of sp³-hybridized carbons (Fsp3) is 0.262. The van der Waals surface area contributed by atoms with Gasteiger partial charge in [-0.25, -0.2) is 4.79 Å².